The molecule has 2 rings (SSSR count). The summed E-state index contributed by atoms with van der Waals surface area (Å²) in [5, 5.41) is 13.3. The summed E-state index contributed by atoms with van der Waals surface area (Å²) < 4.78 is 0. The van der Waals surface area contributed by atoms with Crippen LogP contribution in [0.2, 0.25) is 0 Å². The normalized spacial score (nSPS) is 21.0. The zero-order valence-corrected chi connectivity index (χ0v) is 9.42. The summed E-state index contributed by atoms with van der Waals surface area (Å²) in [5.41, 5.74) is 1.05. The fourth-order valence-corrected chi connectivity index (χ4v) is 1.95. The number of carbonyl (C=O) groups is 1. The smallest absolute Gasteiger partial charge is 0.269 e. The minimum absolute atomic E-state index is 0.00524. The quantitative estimate of drug-likeness (QED) is 0.604. The van der Waals surface area contributed by atoms with Crippen molar-refractivity contribution >= 4 is 11.6 Å². The molecule has 0 aliphatic carbocycles. The van der Waals surface area contributed by atoms with Gasteiger partial charge < -0.3 is 5.32 Å². The maximum atomic E-state index is 11.2. The molecule has 1 saturated heterocycles. The van der Waals surface area contributed by atoms with Gasteiger partial charge in [0, 0.05) is 18.7 Å². The van der Waals surface area contributed by atoms with Crippen molar-refractivity contribution in [3.05, 3.63) is 39.9 Å². The molecule has 1 aliphatic rings. The van der Waals surface area contributed by atoms with E-state index >= 15 is 0 Å². The number of hydrogen-bond donors (Lipinski definition) is 1. The Kier molecular flexibility index (Phi) is 3.06. The number of amides is 1. The standard InChI is InChI=1S/C11H13N3O3/c1-13-7-11(15)12-6-10(13)8-2-4-9(5-3-8)14(16)17/h2-5,10H,6-7H2,1H3,(H,12,15). The van der Waals surface area contributed by atoms with Crippen molar-refractivity contribution in [3.8, 4) is 0 Å². The van der Waals surface area contributed by atoms with E-state index in [0.717, 1.165) is 5.56 Å². The highest BCUT2D eigenvalue weighted by Gasteiger charge is 2.24. The number of nitro benzene ring substituents is 1. The molecule has 1 aliphatic heterocycles. The zero-order chi connectivity index (χ0) is 12.4. The molecular formula is C11H13N3O3. The van der Waals surface area contributed by atoms with Crippen molar-refractivity contribution < 1.29 is 9.72 Å². The Bertz CT molecular complexity index is 444. The average Bonchev–Trinajstić information content (AvgIpc) is 2.29. The van der Waals surface area contributed by atoms with Crippen LogP contribution in [0.3, 0.4) is 0 Å². The van der Waals surface area contributed by atoms with Gasteiger partial charge in [-0.05, 0) is 12.6 Å². The Morgan fingerprint density at radius 1 is 1.41 bits per heavy atom. The minimum Gasteiger partial charge on any atom is -0.353 e. The molecule has 1 fully saturated rings. The Morgan fingerprint density at radius 3 is 2.59 bits per heavy atom. The highest BCUT2D eigenvalue weighted by molar-refractivity contribution is 5.78. The van der Waals surface area contributed by atoms with E-state index in [4.69, 9.17) is 0 Å². The first kappa shape index (κ1) is 11.5. The molecule has 0 spiro atoms. The van der Waals surface area contributed by atoms with Crippen molar-refractivity contribution in [2.45, 2.75) is 6.04 Å². The van der Waals surface area contributed by atoms with Gasteiger partial charge in [-0.15, -0.1) is 0 Å². The first-order chi connectivity index (χ1) is 8.08. The Morgan fingerprint density at radius 2 is 2.06 bits per heavy atom. The third-order valence-electron chi connectivity index (χ3n) is 2.91. The van der Waals surface area contributed by atoms with Gasteiger partial charge in [0.2, 0.25) is 5.91 Å². The summed E-state index contributed by atoms with van der Waals surface area (Å²) in [5.74, 6) is 0.00524. The maximum absolute atomic E-state index is 11.2. The number of piperazine rings is 1. The lowest BCUT2D eigenvalue weighted by Crippen LogP contribution is -2.47. The molecule has 1 unspecified atom stereocenters. The summed E-state index contributed by atoms with van der Waals surface area (Å²) in [7, 11) is 1.87. The van der Waals surface area contributed by atoms with Gasteiger partial charge in [0.05, 0.1) is 17.5 Å². The summed E-state index contributed by atoms with van der Waals surface area (Å²) in [6.07, 6.45) is 0. The number of likely N-dealkylation sites (N-methyl/N-ethyl adjacent to an activating group) is 1. The van der Waals surface area contributed by atoms with E-state index in [-0.39, 0.29) is 17.6 Å². The number of rotatable bonds is 2. The molecule has 0 bridgehead atoms. The molecule has 17 heavy (non-hydrogen) atoms. The molecule has 6 heteroatoms. The van der Waals surface area contributed by atoms with Crippen LogP contribution in [0.15, 0.2) is 24.3 Å². The fraction of sp³-hybridized carbons (Fsp3) is 0.364. The molecule has 1 N–H and O–H groups in total. The van der Waals surface area contributed by atoms with Crippen molar-refractivity contribution in [2.24, 2.45) is 0 Å². The van der Waals surface area contributed by atoms with Crippen LogP contribution in [0.4, 0.5) is 5.69 Å². The first-order valence-corrected chi connectivity index (χ1v) is 5.29. The molecule has 1 atom stereocenters. The predicted molar refractivity (Wildman–Crippen MR) is 61.5 cm³/mol. The van der Waals surface area contributed by atoms with E-state index in [1.165, 1.54) is 12.1 Å². The van der Waals surface area contributed by atoms with Crippen LogP contribution in [0.25, 0.3) is 0 Å². The molecule has 0 aromatic heterocycles. The van der Waals surface area contributed by atoms with E-state index in [1.807, 2.05) is 11.9 Å². The van der Waals surface area contributed by atoms with Gasteiger partial charge in [0.1, 0.15) is 0 Å². The second-order valence-corrected chi connectivity index (χ2v) is 4.08. The van der Waals surface area contributed by atoms with E-state index in [0.29, 0.717) is 13.1 Å². The summed E-state index contributed by atoms with van der Waals surface area (Å²) in [6.45, 7) is 0.884. The van der Waals surface area contributed by atoms with Gasteiger partial charge in [-0.2, -0.15) is 0 Å². The Labute approximate surface area is 98.4 Å². The van der Waals surface area contributed by atoms with Crippen LogP contribution in [0, 0.1) is 10.1 Å². The predicted octanol–water partition coefficient (Wildman–Crippen LogP) is 0.698. The zero-order valence-electron chi connectivity index (χ0n) is 9.42. The molecule has 1 amide bonds. The van der Waals surface area contributed by atoms with Crippen LogP contribution in [0.1, 0.15) is 11.6 Å². The Balaban J connectivity index is 2.17. The fourth-order valence-electron chi connectivity index (χ4n) is 1.95. The van der Waals surface area contributed by atoms with Crippen molar-refractivity contribution in [1.82, 2.24) is 10.2 Å². The van der Waals surface area contributed by atoms with Gasteiger partial charge in [-0.3, -0.25) is 19.8 Å². The lowest BCUT2D eigenvalue weighted by molar-refractivity contribution is -0.384. The van der Waals surface area contributed by atoms with Crippen LogP contribution in [0.5, 0.6) is 0 Å². The van der Waals surface area contributed by atoms with Gasteiger partial charge >= 0.3 is 0 Å². The number of nitro groups is 1. The molecule has 6 nitrogen and oxygen atoms in total. The summed E-state index contributed by atoms with van der Waals surface area (Å²) in [6, 6.07) is 6.51. The third-order valence-corrected chi connectivity index (χ3v) is 2.91. The molecule has 0 saturated carbocycles. The summed E-state index contributed by atoms with van der Waals surface area (Å²) in [4.78, 5) is 23.2. The number of nitrogens with zero attached hydrogens (tertiary/aromatic N) is 2. The Hall–Kier alpha value is -1.95. The topological polar surface area (TPSA) is 75.5 Å². The van der Waals surface area contributed by atoms with E-state index in [2.05, 4.69) is 5.32 Å². The summed E-state index contributed by atoms with van der Waals surface area (Å²) >= 11 is 0. The molecule has 1 heterocycles. The van der Waals surface area contributed by atoms with E-state index in [1.54, 1.807) is 12.1 Å². The second kappa shape index (κ2) is 4.50. The van der Waals surface area contributed by atoms with Crippen LogP contribution in [-0.2, 0) is 4.79 Å². The van der Waals surface area contributed by atoms with Gasteiger partial charge in [0.15, 0.2) is 0 Å². The number of carbonyl (C=O) groups excluding carboxylic acids is 1. The average molecular weight is 235 g/mol. The minimum atomic E-state index is -0.420. The van der Waals surface area contributed by atoms with Crippen molar-refractivity contribution in [2.75, 3.05) is 20.1 Å². The van der Waals surface area contributed by atoms with Gasteiger partial charge in [0.25, 0.3) is 5.69 Å². The number of non-ortho nitro benzene ring substituents is 1. The molecule has 90 valence electrons. The van der Waals surface area contributed by atoms with E-state index < -0.39 is 4.92 Å². The third kappa shape index (κ3) is 2.42. The molecular weight excluding hydrogens is 222 g/mol. The maximum Gasteiger partial charge on any atom is 0.269 e. The largest absolute Gasteiger partial charge is 0.353 e. The van der Waals surface area contributed by atoms with E-state index in [9.17, 15) is 14.9 Å². The lowest BCUT2D eigenvalue weighted by atomic mass is 10.0. The van der Waals surface area contributed by atoms with Crippen LogP contribution >= 0.6 is 0 Å². The highest BCUT2D eigenvalue weighted by atomic mass is 16.6. The van der Waals surface area contributed by atoms with Crippen LogP contribution in [-0.4, -0.2) is 35.9 Å². The molecule has 1 aromatic carbocycles. The van der Waals surface area contributed by atoms with Gasteiger partial charge in [-0.25, -0.2) is 0 Å². The van der Waals surface area contributed by atoms with Crippen molar-refractivity contribution in [1.29, 1.82) is 0 Å². The SMILES string of the molecule is CN1CC(=O)NCC1c1ccc([N+](=O)[O-])cc1. The number of hydrogen-bond acceptors (Lipinski definition) is 4. The van der Waals surface area contributed by atoms with Gasteiger partial charge in [-0.1, -0.05) is 12.1 Å². The number of nitrogens with one attached hydrogen (secondary N) is 1. The first-order valence-electron chi connectivity index (χ1n) is 5.29. The lowest BCUT2D eigenvalue weighted by Gasteiger charge is -2.32. The highest BCUT2D eigenvalue weighted by Crippen LogP contribution is 2.22. The second-order valence-electron chi connectivity index (χ2n) is 4.08. The monoisotopic (exact) mass is 235 g/mol. The van der Waals surface area contributed by atoms with Crippen LogP contribution < -0.4 is 5.32 Å². The molecule has 1 aromatic rings. The molecule has 0 radical (unpaired) electrons. The van der Waals surface area contributed by atoms with Crippen molar-refractivity contribution in [3.63, 3.8) is 0 Å². The number of benzene rings is 1.